The van der Waals surface area contributed by atoms with Gasteiger partial charge in [0.2, 0.25) is 0 Å². The largest absolute Gasteiger partial charge is 0.603 e. The monoisotopic (exact) mass is 742 g/mol. The minimum Gasteiger partial charge on any atom is -0.376 e. The predicted molar refractivity (Wildman–Crippen MR) is 211 cm³/mol. The molecule has 6 aromatic rings. The highest BCUT2D eigenvalue weighted by atomic mass is 28.4. The maximum atomic E-state index is 7.57. The van der Waals surface area contributed by atoms with E-state index in [1.807, 2.05) is 48.5 Å². The van der Waals surface area contributed by atoms with E-state index in [4.69, 9.17) is 48.3 Å². The first-order valence-corrected chi connectivity index (χ1v) is 20.7. The molecule has 12 rings (SSSR count). The van der Waals surface area contributed by atoms with E-state index in [9.17, 15) is 0 Å². The zero-order valence-corrected chi connectivity index (χ0v) is 30.8. The van der Waals surface area contributed by atoms with Gasteiger partial charge in [0.25, 0.3) is 0 Å². The number of benzene rings is 4. The summed E-state index contributed by atoms with van der Waals surface area (Å²) < 4.78 is 31.9. The lowest BCUT2D eigenvalue weighted by Gasteiger charge is -2.34. The van der Waals surface area contributed by atoms with Gasteiger partial charge < -0.3 is 18.3 Å². The summed E-state index contributed by atoms with van der Waals surface area (Å²) in [4.78, 5) is 32.3. The van der Waals surface area contributed by atoms with Crippen molar-refractivity contribution < 1.29 is 18.3 Å². The maximum Gasteiger partial charge on any atom is 0.603 e. The Bertz CT molecular complexity index is 2690. The Morgan fingerprint density at radius 3 is 1.31 bits per heavy atom. The summed E-state index contributed by atoms with van der Waals surface area (Å²) in [7, 11) is -4.18. The number of hydrogen-bond acceptors (Lipinski definition) is 10. The van der Waals surface area contributed by atoms with Gasteiger partial charge in [-0.25, -0.2) is 30.0 Å². The van der Waals surface area contributed by atoms with Crippen molar-refractivity contribution in [2.24, 2.45) is 30.0 Å². The van der Waals surface area contributed by atoms with Gasteiger partial charge in [0.1, 0.15) is 22.6 Å². The van der Waals surface area contributed by atoms with Gasteiger partial charge in [-0.05, 0) is 25.7 Å². The second-order valence-electron chi connectivity index (χ2n) is 14.6. The topological polar surface area (TPSA) is 121 Å². The van der Waals surface area contributed by atoms with Gasteiger partial charge in [0, 0.05) is 57.0 Å². The van der Waals surface area contributed by atoms with Gasteiger partial charge in [-0.2, -0.15) is 0 Å². The molecule has 0 spiro atoms. The quantitative estimate of drug-likeness (QED) is 0.202. The summed E-state index contributed by atoms with van der Waals surface area (Å²) in [5.41, 5.74) is 4.85. The zero-order chi connectivity index (χ0) is 36.1. The molecule has 2 atom stereocenters. The van der Waals surface area contributed by atoms with Crippen LogP contribution < -0.4 is 11.0 Å². The van der Waals surface area contributed by atoms with Crippen LogP contribution in [-0.2, 0) is 18.3 Å². The van der Waals surface area contributed by atoms with Crippen LogP contribution >= 0.6 is 0 Å². The zero-order valence-electron chi connectivity index (χ0n) is 29.8. The first-order chi connectivity index (χ1) is 27.2. The molecule has 8 heterocycles. The van der Waals surface area contributed by atoms with E-state index in [0.717, 1.165) is 69.5 Å². The molecule has 6 aliphatic rings. The molecule has 2 unspecified atom stereocenters. The fourth-order valence-electron chi connectivity index (χ4n) is 8.69. The summed E-state index contributed by atoms with van der Waals surface area (Å²) >= 11 is 0. The average Bonchev–Trinajstić information content (AvgIpc) is 4.10. The van der Waals surface area contributed by atoms with E-state index in [-0.39, 0.29) is 25.4 Å². The molecule has 6 aliphatic heterocycles. The van der Waals surface area contributed by atoms with Gasteiger partial charge in [0.05, 0.1) is 25.4 Å². The van der Waals surface area contributed by atoms with Crippen LogP contribution in [0.5, 0.6) is 0 Å². The van der Waals surface area contributed by atoms with Crippen molar-refractivity contribution >= 4 is 65.4 Å². The van der Waals surface area contributed by atoms with E-state index in [1.54, 1.807) is 0 Å². The van der Waals surface area contributed by atoms with Crippen molar-refractivity contribution in [1.29, 1.82) is 0 Å². The Hall–Kier alpha value is -5.70. The fraction of sp³-hybridized carbons (Fsp3) is 0.238. The summed E-state index contributed by atoms with van der Waals surface area (Å²) in [5, 5.41) is 3.55. The number of rotatable bonds is 6. The van der Waals surface area contributed by atoms with Crippen molar-refractivity contribution in [3.05, 3.63) is 130 Å². The minimum atomic E-state index is -4.18. The van der Waals surface area contributed by atoms with E-state index < -0.39 is 8.88 Å². The predicted octanol–water partition coefficient (Wildman–Crippen LogP) is 5.76. The lowest BCUT2D eigenvalue weighted by Crippen LogP contribution is -2.65. The van der Waals surface area contributed by atoms with Crippen molar-refractivity contribution in [1.82, 2.24) is 8.47 Å². The van der Waals surface area contributed by atoms with Gasteiger partial charge >= 0.3 is 8.88 Å². The number of aliphatic imine (C=N–C) groups is 4. The third kappa shape index (κ3) is 4.71. The summed E-state index contributed by atoms with van der Waals surface area (Å²) in [5.74, 6) is 3.51. The van der Waals surface area contributed by atoms with Gasteiger partial charge in [0.15, 0.2) is 23.3 Å². The van der Waals surface area contributed by atoms with Crippen molar-refractivity contribution in [2.75, 3.05) is 26.4 Å². The summed E-state index contributed by atoms with van der Waals surface area (Å²) in [6.07, 6.45) is 3.47. The second kappa shape index (κ2) is 12.2. The highest BCUT2D eigenvalue weighted by molar-refractivity contribution is 6.66. The molecular weight excluding hydrogens is 709 g/mol. The Kier molecular flexibility index (Phi) is 6.99. The first kappa shape index (κ1) is 31.6. The van der Waals surface area contributed by atoms with Crippen LogP contribution in [0, 0.1) is 0 Å². The highest BCUT2D eigenvalue weighted by Gasteiger charge is 2.54. The number of hydrogen-bond donors (Lipinski definition) is 0. The van der Waals surface area contributed by atoms with Gasteiger partial charge in [-0.15, -0.1) is 0 Å². The molecular formula is C42H34N8O4Si. The molecule has 55 heavy (non-hydrogen) atoms. The van der Waals surface area contributed by atoms with Crippen molar-refractivity contribution in [2.45, 2.75) is 37.9 Å². The SMILES string of the molecule is c1ccc2c(c1)C1=NC2=Nc2c3ccccc3c3n2[Si](OCC2CCCO2)(OCC2CCCO2)n2c(c4ccccc4c2=NC2=NC(=N3)c3ccccc32)=N1. The first-order valence-electron chi connectivity index (χ1n) is 19.0. The van der Waals surface area contributed by atoms with E-state index in [0.29, 0.717) is 59.2 Å². The van der Waals surface area contributed by atoms with Gasteiger partial charge in [-0.3, -0.25) is 8.47 Å². The molecule has 13 heteroatoms. The molecule has 270 valence electrons. The molecule has 2 saturated heterocycles. The molecule has 0 amide bonds. The number of fused-ring (bicyclic) bond motifs is 14. The molecule has 0 radical (unpaired) electrons. The smallest absolute Gasteiger partial charge is 0.376 e. The fourth-order valence-corrected chi connectivity index (χ4v) is 12.0. The van der Waals surface area contributed by atoms with Crippen LogP contribution in [0.25, 0.3) is 21.5 Å². The lowest BCUT2D eigenvalue weighted by molar-refractivity contribution is 0.0198. The van der Waals surface area contributed by atoms with Crippen molar-refractivity contribution in [3.63, 3.8) is 0 Å². The number of aromatic nitrogens is 2. The van der Waals surface area contributed by atoms with E-state index in [2.05, 4.69) is 57.0 Å². The molecule has 6 bridgehead atoms. The van der Waals surface area contributed by atoms with Crippen LogP contribution in [0.1, 0.15) is 47.9 Å². The molecule has 12 nitrogen and oxygen atoms in total. The molecule has 2 aromatic heterocycles. The van der Waals surface area contributed by atoms with E-state index in [1.165, 1.54) is 0 Å². The number of nitrogens with zero attached hydrogens (tertiary/aromatic N) is 8. The third-order valence-electron chi connectivity index (χ3n) is 11.3. The Labute approximate surface area is 315 Å². The standard InChI is InChI=1S/C42H34N8O4Si/c1-2-14-28-27(13-1)35-43-36(28)46-40-33-19-7-8-20-34(33)42-48-38-30-16-4-3-15-29(30)37(44-38)47-41-32-18-6-5-17-31(32)39(45-35)49(41)55(50(40)42,53-23-25-11-9-21-51-25)54-24-26-12-10-22-52-26/h1-8,13-20,25-26H,9-12,21-24H2. The molecule has 2 fully saturated rings. The van der Waals surface area contributed by atoms with E-state index >= 15 is 0 Å². The lowest BCUT2D eigenvalue weighted by atomic mass is 10.1. The molecule has 4 aromatic carbocycles. The normalized spacial score (nSPS) is 23.1. The van der Waals surface area contributed by atoms with Crippen LogP contribution in [0.15, 0.2) is 127 Å². The van der Waals surface area contributed by atoms with Crippen LogP contribution in [0.2, 0.25) is 0 Å². The number of amidine groups is 4. The molecule has 0 N–H and O–H groups in total. The van der Waals surface area contributed by atoms with Crippen LogP contribution in [-0.4, -0.2) is 79.3 Å². The summed E-state index contributed by atoms with van der Waals surface area (Å²) in [6.45, 7) is 1.95. The molecule has 0 aliphatic carbocycles. The Morgan fingerprint density at radius 2 is 0.891 bits per heavy atom. The summed E-state index contributed by atoms with van der Waals surface area (Å²) in [6, 6.07) is 32.8. The Balaban J connectivity index is 1.31. The van der Waals surface area contributed by atoms with Crippen molar-refractivity contribution in [3.8, 4) is 0 Å². The van der Waals surface area contributed by atoms with Crippen LogP contribution in [0.4, 0.5) is 11.6 Å². The second-order valence-corrected chi connectivity index (χ2v) is 17.1. The third-order valence-corrected chi connectivity index (χ3v) is 14.3. The average molecular weight is 743 g/mol. The molecule has 0 saturated carbocycles. The number of ether oxygens (including phenoxy) is 2. The Morgan fingerprint density at radius 1 is 0.491 bits per heavy atom. The van der Waals surface area contributed by atoms with Crippen LogP contribution in [0.3, 0.4) is 0 Å². The maximum absolute atomic E-state index is 7.57. The minimum absolute atomic E-state index is 0.117. The van der Waals surface area contributed by atoms with Gasteiger partial charge in [-0.1, -0.05) is 97.1 Å². The highest BCUT2D eigenvalue weighted by Crippen LogP contribution is 2.44.